The summed E-state index contributed by atoms with van der Waals surface area (Å²) >= 11 is 0. The number of fused-ring (bicyclic) bond motifs is 1. The Balaban J connectivity index is 1.77. The Bertz CT molecular complexity index is 1410. The molecule has 0 spiro atoms. The minimum Gasteiger partial charge on any atom is -0.494 e. The number of amides is 2. The van der Waals surface area contributed by atoms with Crippen molar-refractivity contribution in [3.05, 3.63) is 94.0 Å². The highest BCUT2D eigenvalue weighted by Gasteiger charge is 2.25. The number of hydrogen-bond donors (Lipinski definition) is 1. The number of ether oxygens (including phenoxy) is 1. The molecular weight excluding hydrogens is 440 g/mol. The fraction of sp³-hybridized carbons (Fsp3) is 0.250. The number of carbonyl (C=O) groups excluding carboxylic acids is 1. The Kier molecular flexibility index (Phi) is 6.87. The molecule has 0 aliphatic carbocycles. The average molecular weight is 471 g/mol. The molecule has 1 aromatic heterocycles. The van der Waals surface area contributed by atoms with Crippen molar-refractivity contribution in [1.82, 2.24) is 14.5 Å². The summed E-state index contributed by atoms with van der Waals surface area (Å²) in [4.78, 5) is 33.2. The van der Waals surface area contributed by atoms with E-state index >= 15 is 0 Å². The summed E-state index contributed by atoms with van der Waals surface area (Å²) in [5.74, 6) is 1.19. The van der Waals surface area contributed by atoms with Crippen molar-refractivity contribution in [3.63, 3.8) is 0 Å². The molecule has 0 aliphatic heterocycles. The zero-order valence-corrected chi connectivity index (χ0v) is 20.7. The first kappa shape index (κ1) is 24.0. The van der Waals surface area contributed by atoms with Gasteiger partial charge in [0.1, 0.15) is 11.6 Å². The monoisotopic (exact) mass is 470 g/mol. The molecule has 7 heteroatoms. The van der Waals surface area contributed by atoms with Gasteiger partial charge in [0, 0.05) is 12.7 Å². The summed E-state index contributed by atoms with van der Waals surface area (Å²) in [6.45, 7) is 8.26. The lowest BCUT2D eigenvalue weighted by molar-refractivity contribution is 0.205. The number of aromatic nitrogens is 2. The third-order valence-corrected chi connectivity index (χ3v) is 6.20. The van der Waals surface area contributed by atoms with E-state index in [2.05, 4.69) is 5.32 Å². The average Bonchev–Trinajstić information content (AvgIpc) is 2.86. The molecule has 0 fully saturated rings. The van der Waals surface area contributed by atoms with Gasteiger partial charge in [0.15, 0.2) is 0 Å². The van der Waals surface area contributed by atoms with E-state index in [1.165, 1.54) is 0 Å². The van der Waals surface area contributed by atoms with E-state index < -0.39 is 6.04 Å². The molecule has 4 aromatic rings. The normalized spacial score (nSPS) is 11.8. The van der Waals surface area contributed by atoms with Gasteiger partial charge >= 0.3 is 6.03 Å². The molecule has 1 atom stereocenters. The SMILES string of the molecule is CCOc1ccc(-n2c(C(C)N(C)C(=O)Nc3c(C)cccc3C)nc3ccccc3c2=O)cc1. The Hall–Kier alpha value is -4.13. The lowest BCUT2D eigenvalue weighted by Crippen LogP contribution is -2.37. The second-order valence-electron chi connectivity index (χ2n) is 8.54. The Labute approximate surface area is 205 Å². The summed E-state index contributed by atoms with van der Waals surface area (Å²) in [5, 5.41) is 3.53. The number of carbonyl (C=O) groups is 1. The molecular formula is C28H30N4O3. The highest BCUT2D eigenvalue weighted by molar-refractivity contribution is 5.91. The van der Waals surface area contributed by atoms with Crippen LogP contribution in [0, 0.1) is 13.8 Å². The maximum atomic E-state index is 13.6. The quantitative estimate of drug-likeness (QED) is 0.396. The van der Waals surface area contributed by atoms with Gasteiger partial charge < -0.3 is 15.0 Å². The van der Waals surface area contributed by atoms with Crippen LogP contribution in [0.3, 0.4) is 0 Å². The summed E-state index contributed by atoms with van der Waals surface area (Å²) in [6.07, 6.45) is 0. The molecule has 1 N–H and O–H groups in total. The smallest absolute Gasteiger partial charge is 0.322 e. The summed E-state index contributed by atoms with van der Waals surface area (Å²) in [7, 11) is 1.71. The topological polar surface area (TPSA) is 76.5 Å². The fourth-order valence-corrected chi connectivity index (χ4v) is 4.09. The number of para-hydroxylation sites is 2. The van der Waals surface area contributed by atoms with Crippen LogP contribution < -0.4 is 15.6 Å². The molecule has 0 saturated carbocycles. The minimum atomic E-state index is -0.497. The number of nitrogens with zero attached hydrogens (tertiary/aromatic N) is 3. The Morgan fingerprint density at radius 1 is 1.03 bits per heavy atom. The number of aryl methyl sites for hydroxylation is 2. The van der Waals surface area contributed by atoms with Crippen LogP contribution in [-0.2, 0) is 0 Å². The van der Waals surface area contributed by atoms with E-state index in [9.17, 15) is 9.59 Å². The fourth-order valence-electron chi connectivity index (χ4n) is 4.09. The van der Waals surface area contributed by atoms with Gasteiger partial charge in [-0.3, -0.25) is 9.36 Å². The molecule has 1 heterocycles. The third kappa shape index (κ3) is 4.75. The summed E-state index contributed by atoms with van der Waals surface area (Å²) < 4.78 is 7.13. The van der Waals surface area contributed by atoms with Crippen LogP contribution >= 0.6 is 0 Å². The number of urea groups is 1. The van der Waals surface area contributed by atoms with Gasteiger partial charge in [-0.05, 0) is 75.2 Å². The third-order valence-electron chi connectivity index (χ3n) is 6.20. The van der Waals surface area contributed by atoms with Crippen LogP contribution in [0.5, 0.6) is 5.75 Å². The van der Waals surface area contributed by atoms with Crippen molar-refractivity contribution in [2.24, 2.45) is 0 Å². The van der Waals surface area contributed by atoms with E-state index in [1.807, 2.05) is 88.4 Å². The Morgan fingerprint density at radius 2 is 1.69 bits per heavy atom. The predicted molar refractivity (Wildman–Crippen MR) is 140 cm³/mol. The van der Waals surface area contributed by atoms with Crippen molar-refractivity contribution in [1.29, 1.82) is 0 Å². The van der Waals surface area contributed by atoms with Crippen LogP contribution in [0.15, 0.2) is 71.5 Å². The number of nitrogens with one attached hydrogen (secondary N) is 1. The molecule has 3 aromatic carbocycles. The first-order valence-electron chi connectivity index (χ1n) is 11.7. The van der Waals surface area contributed by atoms with Gasteiger partial charge in [-0.15, -0.1) is 0 Å². The van der Waals surface area contributed by atoms with Crippen LogP contribution in [0.2, 0.25) is 0 Å². The molecule has 0 aliphatic rings. The van der Waals surface area contributed by atoms with E-state index in [-0.39, 0.29) is 11.6 Å². The number of anilines is 1. The molecule has 1 unspecified atom stereocenters. The first-order chi connectivity index (χ1) is 16.8. The van der Waals surface area contributed by atoms with Crippen LogP contribution in [-0.4, -0.2) is 34.1 Å². The van der Waals surface area contributed by atoms with Crippen molar-refractivity contribution in [2.45, 2.75) is 33.7 Å². The second-order valence-corrected chi connectivity index (χ2v) is 8.54. The molecule has 4 rings (SSSR count). The Morgan fingerprint density at radius 3 is 2.34 bits per heavy atom. The summed E-state index contributed by atoms with van der Waals surface area (Å²) in [5.41, 5.74) is 3.80. The first-order valence-corrected chi connectivity index (χ1v) is 11.7. The van der Waals surface area contributed by atoms with E-state index in [1.54, 1.807) is 22.6 Å². The number of benzene rings is 3. The molecule has 0 radical (unpaired) electrons. The molecule has 2 amide bonds. The lowest BCUT2D eigenvalue weighted by Gasteiger charge is -2.28. The van der Waals surface area contributed by atoms with Gasteiger partial charge in [0.05, 0.1) is 29.2 Å². The van der Waals surface area contributed by atoms with E-state index in [0.717, 1.165) is 22.6 Å². The van der Waals surface area contributed by atoms with Gasteiger partial charge in [-0.1, -0.05) is 30.3 Å². The van der Waals surface area contributed by atoms with Crippen molar-refractivity contribution < 1.29 is 9.53 Å². The van der Waals surface area contributed by atoms with E-state index in [0.29, 0.717) is 29.0 Å². The molecule has 35 heavy (non-hydrogen) atoms. The van der Waals surface area contributed by atoms with Gasteiger partial charge in [0.25, 0.3) is 5.56 Å². The molecule has 180 valence electrons. The van der Waals surface area contributed by atoms with Crippen LogP contribution in [0.4, 0.5) is 10.5 Å². The predicted octanol–water partition coefficient (Wildman–Crippen LogP) is 5.63. The molecule has 7 nitrogen and oxygen atoms in total. The maximum absolute atomic E-state index is 13.6. The van der Waals surface area contributed by atoms with E-state index in [4.69, 9.17) is 9.72 Å². The van der Waals surface area contributed by atoms with Gasteiger partial charge in [-0.2, -0.15) is 0 Å². The zero-order chi connectivity index (χ0) is 25.1. The second kappa shape index (κ2) is 10.0. The largest absolute Gasteiger partial charge is 0.494 e. The standard InChI is InChI=1S/C28H30N4O3/c1-6-35-22-16-14-21(15-17-22)32-26(29-24-13-8-7-12-23(24)27(32)33)20(4)31(5)28(34)30-25-18(2)10-9-11-19(25)3/h7-17,20H,6H2,1-5H3,(H,30,34). The number of hydrogen-bond acceptors (Lipinski definition) is 4. The van der Waals surface area contributed by atoms with Crippen LogP contribution in [0.25, 0.3) is 16.6 Å². The highest BCUT2D eigenvalue weighted by Crippen LogP contribution is 2.25. The summed E-state index contributed by atoms with van der Waals surface area (Å²) in [6, 6.07) is 19.7. The van der Waals surface area contributed by atoms with Gasteiger partial charge in [-0.25, -0.2) is 9.78 Å². The van der Waals surface area contributed by atoms with Crippen molar-refractivity contribution >= 4 is 22.6 Å². The van der Waals surface area contributed by atoms with Crippen LogP contribution in [0.1, 0.15) is 36.8 Å². The lowest BCUT2D eigenvalue weighted by atomic mass is 10.1. The highest BCUT2D eigenvalue weighted by atomic mass is 16.5. The molecule has 0 bridgehead atoms. The maximum Gasteiger partial charge on any atom is 0.322 e. The minimum absolute atomic E-state index is 0.190. The molecule has 0 saturated heterocycles. The zero-order valence-electron chi connectivity index (χ0n) is 20.7. The van der Waals surface area contributed by atoms with Crippen molar-refractivity contribution in [2.75, 3.05) is 19.0 Å². The number of rotatable bonds is 6. The van der Waals surface area contributed by atoms with Gasteiger partial charge in [0.2, 0.25) is 0 Å². The van der Waals surface area contributed by atoms with Crippen molar-refractivity contribution in [3.8, 4) is 11.4 Å².